The van der Waals surface area contributed by atoms with Crippen molar-refractivity contribution in [3.05, 3.63) is 77.9 Å². The first kappa shape index (κ1) is 16.9. The van der Waals surface area contributed by atoms with E-state index in [9.17, 15) is 9.59 Å². The lowest BCUT2D eigenvalue weighted by Crippen LogP contribution is -2.47. The van der Waals surface area contributed by atoms with Crippen LogP contribution in [0.1, 0.15) is 22.3 Å². The zero-order valence-electron chi connectivity index (χ0n) is 13.9. The molecule has 0 fully saturated rings. The Hall–Kier alpha value is -2.92. The van der Waals surface area contributed by atoms with Crippen LogP contribution < -0.4 is 10.9 Å². The van der Waals surface area contributed by atoms with Crippen molar-refractivity contribution in [2.24, 2.45) is 0 Å². The van der Waals surface area contributed by atoms with Gasteiger partial charge in [-0.15, -0.1) is 0 Å². The van der Waals surface area contributed by atoms with Crippen molar-refractivity contribution in [1.29, 1.82) is 0 Å². The molecule has 3 rings (SSSR count). The molecule has 0 spiro atoms. The third kappa shape index (κ3) is 4.78. The number of nitrogens with one attached hydrogen (secondary N) is 2. The monoisotopic (exact) mass is 335 g/mol. The average molecular weight is 335 g/mol. The molecule has 0 saturated heterocycles. The Morgan fingerprint density at radius 1 is 0.920 bits per heavy atom. The van der Waals surface area contributed by atoms with Crippen molar-refractivity contribution in [3.8, 4) is 0 Å². The minimum absolute atomic E-state index is 0.221. The zero-order chi connectivity index (χ0) is 17.5. The van der Waals surface area contributed by atoms with E-state index in [1.165, 1.54) is 11.1 Å². The first-order valence-corrected chi connectivity index (χ1v) is 8.33. The molecule has 2 aromatic rings. The molecule has 5 heteroatoms. The third-order valence-corrected chi connectivity index (χ3v) is 4.16. The normalized spacial score (nSPS) is 14.5. The van der Waals surface area contributed by atoms with Crippen LogP contribution in [0.3, 0.4) is 0 Å². The van der Waals surface area contributed by atoms with Crippen LogP contribution in [0.15, 0.2) is 66.7 Å². The Morgan fingerprint density at radius 3 is 2.24 bits per heavy atom. The highest BCUT2D eigenvalue weighted by atomic mass is 16.2. The summed E-state index contributed by atoms with van der Waals surface area (Å²) in [5, 5.41) is 0. The van der Waals surface area contributed by atoms with Gasteiger partial charge in [-0.05, 0) is 29.7 Å². The van der Waals surface area contributed by atoms with E-state index in [2.05, 4.69) is 34.0 Å². The van der Waals surface area contributed by atoms with Crippen LogP contribution >= 0.6 is 0 Å². The van der Waals surface area contributed by atoms with Crippen molar-refractivity contribution in [2.75, 3.05) is 19.6 Å². The quantitative estimate of drug-likeness (QED) is 0.843. The summed E-state index contributed by atoms with van der Waals surface area (Å²) in [5.74, 6) is -0.542. The third-order valence-electron chi connectivity index (χ3n) is 4.16. The molecule has 2 N–H and O–H groups in total. The molecule has 1 aliphatic rings. The molecule has 1 aliphatic heterocycles. The number of rotatable bonds is 4. The molecular formula is C20H21N3O2. The molecule has 0 aromatic heterocycles. The molecule has 0 atom stereocenters. The predicted octanol–water partition coefficient (Wildman–Crippen LogP) is 2.24. The molecule has 0 aliphatic carbocycles. The Labute approximate surface area is 147 Å². The minimum atomic E-state index is -0.321. The maximum Gasteiger partial charge on any atom is 0.269 e. The van der Waals surface area contributed by atoms with Crippen molar-refractivity contribution < 1.29 is 9.59 Å². The summed E-state index contributed by atoms with van der Waals surface area (Å²) in [4.78, 5) is 26.0. The van der Waals surface area contributed by atoms with Gasteiger partial charge >= 0.3 is 0 Å². The fourth-order valence-corrected chi connectivity index (χ4v) is 2.80. The molecule has 0 saturated carbocycles. The van der Waals surface area contributed by atoms with Crippen LogP contribution in [0.4, 0.5) is 0 Å². The first-order chi connectivity index (χ1) is 12.2. The van der Waals surface area contributed by atoms with Gasteiger partial charge in [0.15, 0.2) is 0 Å². The second-order valence-corrected chi connectivity index (χ2v) is 5.95. The SMILES string of the molecule is O=C(CN1CC=C(c2ccccc2)CC1)NNC(=O)c1ccccc1. The van der Waals surface area contributed by atoms with Crippen molar-refractivity contribution in [2.45, 2.75) is 6.42 Å². The Balaban J connectivity index is 1.45. The lowest BCUT2D eigenvalue weighted by Gasteiger charge is -2.25. The van der Waals surface area contributed by atoms with E-state index < -0.39 is 0 Å². The number of hydrazine groups is 1. The number of hydrogen-bond donors (Lipinski definition) is 2. The van der Waals surface area contributed by atoms with Gasteiger partial charge in [0.2, 0.25) is 0 Å². The Morgan fingerprint density at radius 2 is 1.60 bits per heavy atom. The fraction of sp³-hybridized carbons (Fsp3) is 0.200. The highest BCUT2D eigenvalue weighted by Crippen LogP contribution is 2.21. The molecule has 5 nitrogen and oxygen atoms in total. The van der Waals surface area contributed by atoms with Crippen LogP contribution in [0.2, 0.25) is 0 Å². The van der Waals surface area contributed by atoms with Gasteiger partial charge in [0.05, 0.1) is 6.54 Å². The van der Waals surface area contributed by atoms with Gasteiger partial charge in [-0.25, -0.2) is 0 Å². The van der Waals surface area contributed by atoms with E-state index in [4.69, 9.17) is 0 Å². The van der Waals surface area contributed by atoms with E-state index in [0.29, 0.717) is 5.56 Å². The number of hydrogen-bond acceptors (Lipinski definition) is 3. The second kappa shape index (κ2) is 8.26. The largest absolute Gasteiger partial charge is 0.290 e. The van der Waals surface area contributed by atoms with E-state index >= 15 is 0 Å². The second-order valence-electron chi connectivity index (χ2n) is 5.95. The van der Waals surface area contributed by atoms with Gasteiger partial charge in [-0.1, -0.05) is 54.6 Å². The smallest absolute Gasteiger partial charge is 0.269 e. The summed E-state index contributed by atoms with van der Waals surface area (Å²) < 4.78 is 0. The highest BCUT2D eigenvalue weighted by Gasteiger charge is 2.16. The summed E-state index contributed by atoms with van der Waals surface area (Å²) in [6, 6.07) is 19.1. The minimum Gasteiger partial charge on any atom is -0.290 e. The Kier molecular flexibility index (Phi) is 5.59. The summed E-state index contributed by atoms with van der Waals surface area (Å²) >= 11 is 0. The van der Waals surface area contributed by atoms with Crippen LogP contribution in [0.25, 0.3) is 5.57 Å². The highest BCUT2D eigenvalue weighted by molar-refractivity contribution is 5.95. The van der Waals surface area contributed by atoms with Crippen LogP contribution in [0.5, 0.6) is 0 Å². The van der Waals surface area contributed by atoms with E-state index in [1.807, 2.05) is 24.3 Å². The number of nitrogens with zero attached hydrogens (tertiary/aromatic N) is 1. The first-order valence-electron chi connectivity index (χ1n) is 8.33. The number of carbonyl (C=O) groups excluding carboxylic acids is 2. The summed E-state index contributed by atoms with van der Waals surface area (Å²) in [7, 11) is 0. The molecular weight excluding hydrogens is 314 g/mol. The molecule has 25 heavy (non-hydrogen) atoms. The van der Waals surface area contributed by atoms with E-state index in [0.717, 1.165) is 19.5 Å². The molecule has 128 valence electrons. The zero-order valence-corrected chi connectivity index (χ0v) is 13.9. The molecule has 0 unspecified atom stereocenters. The average Bonchev–Trinajstić information content (AvgIpc) is 2.68. The summed E-state index contributed by atoms with van der Waals surface area (Å²) in [5.41, 5.74) is 7.98. The predicted molar refractivity (Wildman–Crippen MR) is 97.5 cm³/mol. The van der Waals surface area contributed by atoms with Crippen LogP contribution in [-0.4, -0.2) is 36.3 Å². The van der Waals surface area contributed by atoms with Crippen LogP contribution in [-0.2, 0) is 4.79 Å². The summed E-state index contributed by atoms with van der Waals surface area (Å²) in [6.07, 6.45) is 3.07. The van der Waals surface area contributed by atoms with Crippen molar-refractivity contribution >= 4 is 17.4 Å². The summed E-state index contributed by atoms with van der Waals surface area (Å²) in [6.45, 7) is 1.80. The lowest BCUT2D eigenvalue weighted by molar-refractivity contribution is -0.122. The standard InChI is InChI=1S/C20H21N3O2/c24-19(21-22-20(25)18-9-5-2-6-10-18)15-23-13-11-17(12-14-23)16-7-3-1-4-8-16/h1-11H,12-15H2,(H,21,24)(H,22,25). The van der Waals surface area contributed by atoms with Gasteiger partial charge in [0, 0.05) is 18.7 Å². The number of amides is 2. The number of carbonyl (C=O) groups is 2. The fourth-order valence-electron chi connectivity index (χ4n) is 2.80. The molecule has 0 bridgehead atoms. The maximum atomic E-state index is 12.0. The van der Waals surface area contributed by atoms with Crippen molar-refractivity contribution in [1.82, 2.24) is 15.8 Å². The van der Waals surface area contributed by atoms with Gasteiger partial charge in [-0.2, -0.15) is 0 Å². The van der Waals surface area contributed by atoms with Gasteiger partial charge in [-0.3, -0.25) is 25.3 Å². The number of benzene rings is 2. The lowest BCUT2D eigenvalue weighted by atomic mass is 10.00. The van der Waals surface area contributed by atoms with E-state index in [-0.39, 0.29) is 18.4 Å². The van der Waals surface area contributed by atoms with Gasteiger partial charge in [0.1, 0.15) is 0 Å². The van der Waals surface area contributed by atoms with Gasteiger partial charge in [0.25, 0.3) is 11.8 Å². The molecule has 0 radical (unpaired) electrons. The topological polar surface area (TPSA) is 61.4 Å². The van der Waals surface area contributed by atoms with Crippen LogP contribution in [0, 0.1) is 0 Å². The molecule has 1 heterocycles. The van der Waals surface area contributed by atoms with Gasteiger partial charge < -0.3 is 0 Å². The Bertz CT molecular complexity index is 757. The van der Waals surface area contributed by atoms with E-state index in [1.54, 1.807) is 24.3 Å². The maximum absolute atomic E-state index is 12.0. The molecule has 2 amide bonds. The molecule has 2 aromatic carbocycles. The van der Waals surface area contributed by atoms with Crippen molar-refractivity contribution in [3.63, 3.8) is 0 Å².